The van der Waals surface area contributed by atoms with Crippen LogP contribution in [-0.4, -0.2) is 41.3 Å². The Kier molecular flexibility index (Phi) is 6.91. The molecular formula is C27H32N2O5. The zero-order valence-corrected chi connectivity index (χ0v) is 19.7. The van der Waals surface area contributed by atoms with E-state index in [1.54, 1.807) is 13.8 Å². The molecular weight excluding hydrogens is 432 g/mol. The summed E-state index contributed by atoms with van der Waals surface area (Å²) in [5, 5.41) is 15.2. The minimum atomic E-state index is -0.903. The molecule has 7 nitrogen and oxygen atoms in total. The fraction of sp³-hybridized carbons (Fsp3) is 0.444. The van der Waals surface area contributed by atoms with Gasteiger partial charge in [-0.3, -0.25) is 9.59 Å². The highest BCUT2D eigenvalue weighted by molar-refractivity contribution is 5.87. The molecule has 2 amide bonds. The van der Waals surface area contributed by atoms with Crippen molar-refractivity contribution in [2.45, 2.75) is 63.5 Å². The van der Waals surface area contributed by atoms with E-state index in [4.69, 9.17) is 4.74 Å². The third-order valence-corrected chi connectivity index (χ3v) is 7.28. The molecule has 3 N–H and O–H groups in total. The SMILES string of the molecule is CCC(NC(=O)OCC1c2ccccc2-c2ccccc21)C(=O)NC1(C)CCCCC1C(=O)O. The summed E-state index contributed by atoms with van der Waals surface area (Å²) < 4.78 is 5.57. The van der Waals surface area contributed by atoms with E-state index in [2.05, 4.69) is 22.8 Å². The Morgan fingerprint density at radius 1 is 1.06 bits per heavy atom. The lowest BCUT2D eigenvalue weighted by molar-refractivity contribution is -0.147. The molecule has 0 radical (unpaired) electrons. The number of alkyl carbamates (subject to hydrolysis) is 1. The summed E-state index contributed by atoms with van der Waals surface area (Å²) >= 11 is 0. The van der Waals surface area contributed by atoms with E-state index < -0.39 is 29.6 Å². The number of hydrogen-bond donors (Lipinski definition) is 3. The topological polar surface area (TPSA) is 105 Å². The largest absolute Gasteiger partial charge is 0.481 e. The van der Waals surface area contributed by atoms with Crippen LogP contribution in [0.1, 0.15) is 63.0 Å². The molecule has 2 aliphatic rings. The van der Waals surface area contributed by atoms with Crippen LogP contribution in [0, 0.1) is 5.92 Å². The number of hydrogen-bond acceptors (Lipinski definition) is 4. The highest BCUT2D eigenvalue weighted by Gasteiger charge is 2.43. The lowest BCUT2D eigenvalue weighted by Gasteiger charge is -2.40. The Bertz CT molecular complexity index is 1040. The van der Waals surface area contributed by atoms with Crippen molar-refractivity contribution >= 4 is 18.0 Å². The number of benzene rings is 2. The maximum atomic E-state index is 13.0. The summed E-state index contributed by atoms with van der Waals surface area (Å²) in [4.78, 5) is 37.3. The second-order valence-corrected chi connectivity index (χ2v) is 9.47. The zero-order valence-electron chi connectivity index (χ0n) is 19.7. The van der Waals surface area contributed by atoms with Crippen LogP contribution in [-0.2, 0) is 14.3 Å². The first-order valence-electron chi connectivity index (χ1n) is 12.0. The summed E-state index contributed by atoms with van der Waals surface area (Å²) in [6.07, 6.45) is 2.52. The summed E-state index contributed by atoms with van der Waals surface area (Å²) in [6, 6.07) is 15.4. The molecule has 0 spiro atoms. The molecule has 3 unspecified atom stereocenters. The predicted molar refractivity (Wildman–Crippen MR) is 128 cm³/mol. The summed E-state index contributed by atoms with van der Waals surface area (Å²) in [5.41, 5.74) is 3.69. The van der Waals surface area contributed by atoms with Crippen molar-refractivity contribution in [1.82, 2.24) is 10.6 Å². The number of fused-ring (bicyclic) bond motifs is 3. The molecule has 0 aromatic heterocycles. The Morgan fingerprint density at radius 2 is 1.68 bits per heavy atom. The van der Waals surface area contributed by atoms with Crippen LogP contribution in [0.3, 0.4) is 0 Å². The average Bonchev–Trinajstić information content (AvgIpc) is 3.14. The molecule has 1 fully saturated rings. The lowest BCUT2D eigenvalue weighted by Crippen LogP contribution is -2.59. The molecule has 0 aliphatic heterocycles. The highest BCUT2D eigenvalue weighted by Crippen LogP contribution is 2.44. The van der Waals surface area contributed by atoms with Crippen LogP contribution in [0.2, 0.25) is 0 Å². The van der Waals surface area contributed by atoms with Crippen molar-refractivity contribution in [3.8, 4) is 11.1 Å². The molecule has 2 aromatic carbocycles. The molecule has 0 bridgehead atoms. The summed E-state index contributed by atoms with van der Waals surface area (Å²) in [6.45, 7) is 3.74. The minimum Gasteiger partial charge on any atom is -0.481 e. The number of nitrogens with one attached hydrogen (secondary N) is 2. The van der Waals surface area contributed by atoms with Gasteiger partial charge in [0.25, 0.3) is 0 Å². The fourth-order valence-corrected chi connectivity index (χ4v) is 5.38. The van der Waals surface area contributed by atoms with Crippen LogP contribution >= 0.6 is 0 Å². The smallest absolute Gasteiger partial charge is 0.407 e. The fourth-order valence-electron chi connectivity index (χ4n) is 5.38. The van der Waals surface area contributed by atoms with Crippen LogP contribution in [0.4, 0.5) is 4.79 Å². The minimum absolute atomic E-state index is 0.0653. The van der Waals surface area contributed by atoms with E-state index in [1.807, 2.05) is 36.4 Å². The normalized spacial score (nSPS) is 22.2. The number of amides is 2. The van der Waals surface area contributed by atoms with Gasteiger partial charge in [0, 0.05) is 5.92 Å². The van der Waals surface area contributed by atoms with Gasteiger partial charge in [0.2, 0.25) is 5.91 Å². The maximum Gasteiger partial charge on any atom is 0.407 e. The molecule has 4 rings (SSSR count). The van der Waals surface area contributed by atoms with Gasteiger partial charge >= 0.3 is 12.1 Å². The van der Waals surface area contributed by atoms with Crippen molar-refractivity contribution in [3.63, 3.8) is 0 Å². The average molecular weight is 465 g/mol. The van der Waals surface area contributed by atoms with Crippen molar-refractivity contribution < 1.29 is 24.2 Å². The second-order valence-electron chi connectivity index (χ2n) is 9.47. The monoisotopic (exact) mass is 464 g/mol. The van der Waals surface area contributed by atoms with Gasteiger partial charge in [-0.05, 0) is 48.4 Å². The van der Waals surface area contributed by atoms with Crippen LogP contribution < -0.4 is 10.6 Å². The predicted octanol–water partition coefficient (Wildman–Crippen LogP) is 4.45. The number of carbonyl (C=O) groups excluding carboxylic acids is 2. The van der Waals surface area contributed by atoms with Gasteiger partial charge in [-0.25, -0.2) is 4.79 Å². The molecule has 0 saturated heterocycles. The van der Waals surface area contributed by atoms with Gasteiger partial charge in [0.05, 0.1) is 11.5 Å². The lowest BCUT2D eigenvalue weighted by atomic mass is 9.73. The molecule has 3 atom stereocenters. The second kappa shape index (κ2) is 9.87. The van der Waals surface area contributed by atoms with E-state index in [-0.39, 0.29) is 18.4 Å². The number of rotatable bonds is 7. The molecule has 0 heterocycles. The summed E-state index contributed by atoms with van der Waals surface area (Å²) in [5.74, 6) is -1.99. The maximum absolute atomic E-state index is 13.0. The van der Waals surface area contributed by atoms with Gasteiger partial charge in [-0.2, -0.15) is 0 Å². The number of carboxylic acids is 1. The zero-order chi connectivity index (χ0) is 24.3. The standard InChI is InChI=1S/C27H32N2O5/c1-3-23(24(30)29-27(2)15-9-8-14-22(27)25(31)32)28-26(33)34-16-21-19-12-6-4-10-17(19)18-11-5-7-13-20(18)21/h4-7,10-13,21-23H,3,8-9,14-16H2,1-2H3,(H,28,33)(H,29,30)(H,31,32). The van der Waals surface area contributed by atoms with Gasteiger partial charge < -0.3 is 20.5 Å². The highest BCUT2D eigenvalue weighted by atomic mass is 16.5. The molecule has 1 saturated carbocycles. The van der Waals surface area contributed by atoms with E-state index in [9.17, 15) is 19.5 Å². The van der Waals surface area contributed by atoms with Gasteiger partial charge in [0.1, 0.15) is 12.6 Å². The van der Waals surface area contributed by atoms with E-state index >= 15 is 0 Å². The van der Waals surface area contributed by atoms with Crippen LogP contribution in [0.15, 0.2) is 48.5 Å². The Labute approximate surface area is 199 Å². The third kappa shape index (κ3) is 4.65. The van der Waals surface area contributed by atoms with E-state index in [1.165, 1.54) is 0 Å². The number of carboxylic acid groups (broad SMARTS) is 1. The third-order valence-electron chi connectivity index (χ3n) is 7.28. The number of ether oxygens (including phenoxy) is 1. The first kappa shape index (κ1) is 23.8. The Morgan fingerprint density at radius 3 is 2.26 bits per heavy atom. The summed E-state index contributed by atoms with van der Waals surface area (Å²) in [7, 11) is 0. The van der Waals surface area contributed by atoms with Crippen LogP contribution in [0.5, 0.6) is 0 Å². The molecule has 180 valence electrons. The molecule has 7 heteroatoms. The number of aliphatic carboxylic acids is 1. The first-order valence-corrected chi connectivity index (χ1v) is 12.0. The molecule has 2 aliphatic carbocycles. The Balaban J connectivity index is 1.38. The first-order chi connectivity index (χ1) is 16.3. The van der Waals surface area contributed by atoms with Gasteiger partial charge in [0.15, 0.2) is 0 Å². The van der Waals surface area contributed by atoms with Gasteiger partial charge in [-0.1, -0.05) is 68.3 Å². The van der Waals surface area contributed by atoms with E-state index in [0.717, 1.165) is 35.1 Å². The van der Waals surface area contributed by atoms with Crippen molar-refractivity contribution in [2.24, 2.45) is 5.92 Å². The quantitative estimate of drug-likeness (QED) is 0.561. The van der Waals surface area contributed by atoms with Crippen LogP contribution in [0.25, 0.3) is 11.1 Å². The number of carbonyl (C=O) groups is 3. The van der Waals surface area contributed by atoms with Crippen molar-refractivity contribution in [3.05, 3.63) is 59.7 Å². The van der Waals surface area contributed by atoms with Crippen molar-refractivity contribution in [1.29, 1.82) is 0 Å². The molecule has 2 aromatic rings. The van der Waals surface area contributed by atoms with Crippen molar-refractivity contribution in [2.75, 3.05) is 6.61 Å². The molecule has 34 heavy (non-hydrogen) atoms. The Hall–Kier alpha value is -3.35. The van der Waals surface area contributed by atoms with E-state index in [0.29, 0.717) is 19.3 Å². The van der Waals surface area contributed by atoms with Gasteiger partial charge in [-0.15, -0.1) is 0 Å².